The Morgan fingerprint density at radius 1 is 1.22 bits per heavy atom. The maximum absolute atomic E-state index is 12.8. The number of amides is 1. The number of aliphatic hydroxyl groups is 1. The number of hydrogen-bond acceptors (Lipinski definition) is 6. The number of aromatic nitrogens is 2. The van der Waals surface area contributed by atoms with Crippen LogP contribution in [0.25, 0.3) is 10.9 Å². The number of rotatable bonds is 7. The first-order valence-corrected chi connectivity index (χ1v) is 8.56. The van der Waals surface area contributed by atoms with Gasteiger partial charge in [0.05, 0.1) is 29.0 Å². The molecule has 0 radical (unpaired) electrons. The number of benzene rings is 1. The van der Waals surface area contributed by atoms with Crippen LogP contribution < -0.4 is 21.7 Å². The molecule has 0 spiro atoms. The van der Waals surface area contributed by atoms with E-state index in [1.54, 1.807) is 32.0 Å². The molecule has 27 heavy (non-hydrogen) atoms. The minimum atomic E-state index is -1.67. The second-order valence-corrected chi connectivity index (χ2v) is 6.84. The molecule has 0 aliphatic heterocycles. The first-order chi connectivity index (χ1) is 12.6. The van der Waals surface area contributed by atoms with Crippen LogP contribution in [-0.4, -0.2) is 38.7 Å². The molecule has 0 bridgehead atoms. The highest BCUT2D eigenvalue weighted by atomic mass is 16.4. The molecule has 1 amide bonds. The summed E-state index contributed by atoms with van der Waals surface area (Å²) in [6.45, 7) is 4.78. The van der Waals surface area contributed by atoms with Crippen LogP contribution in [0.1, 0.15) is 33.2 Å². The Hall–Kier alpha value is -2.94. The monoisotopic (exact) mass is 376 g/mol. The fourth-order valence-corrected chi connectivity index (χ4v) is 2.86. The van der Waals surface area contributed by atoms with E-state index in [0.717, 1.165) is 4.57 Å². The van der Waals surface area contributed by atoms with E-state index in [4.69, 9.17) is 0 Å². The van der Waals surface area contributed by atoms with Gasteiger partial charge < -0.3 is 25.3 Å². The van der Waals surface area contributed by atoms with Gasteiger partial charge in [-0.1, -0.05) is 26.0 Å². The lowest BCUT2D eigenvalue weighted by atomic mass is 10.0. The number of carbonyl (C=O) groups is 2. The fourth-order valence-electron chi connectivity index (χ4n) is 2.86. The van der Waals surface area contributed by atoms with Crippen molar-refractivity contribution in [2.75, 3.05) is 0 Å². The highest BCUT2D eigenvalue weighted by molar-refractivity contribution is 5.86. The van der Waals surface area contributed by atoms with E-state index in [9.17, 15) is 29.4 Å². The summed E-state index contributed by atoms with van der Waals surface area (Å²) in [6, 6.07) is 3.47. The number of nitrogens with zero attached hydrogens (tertiary/aromatic N) is 1. The van der Waals surface area contributed by atoms with Crippen molar-refractivity contribution in [3.63, 3.8) is 0 Å². The van der Waals surface area contributed by atoms with Crippen LogP contribution in [0.3, 0.4) is 0 Å². The number of nitrogens with one attached hydrogen (secondary N) is 2. The van der Waals surface area contributed by atoms with Crippen molar-refractivity contribution in [2.45, 2.75) is 45.4 Å². The largest absolute Gasteiger partial charge is 0.548 e. The molecular weight excluding hydrogens is 354 g/mol. The first-order valence-electron chi connectivity index (χ1n) is 8.56. The summed E-state index contributed by atoms with van der Waals surface area (Å²) < 4.78 is 0.784. The highest BCUT2D eigenvalue weighted by Gasteiger charge is 2.29. The molecule has 3 N–H and O–H groups in total. The number of para-hydroxylation sites is 1. The van der Waals surface area contributed by atoms with E-state index in [1.165, 1.54) is 13.0 Å². The van der Waals surface area contributed by atoms with Gasteiger partial charge in [-0.05, 0) is 31.4 Å². The summed E-state index contributed by atoms with van der Waals surface area (Å²) in [5.74, 6) is -2.60. The quantitative estimate of drug-likeness (QED) is 0.559. The molecule has 9 heteroatoms. The topological polar surface area (TPSA) is 144 Å². The Kier molecular flexibility index (Phi) is 6.17. The van der Waals surface area contributed by atoms with Crippen LogP contribution in [0.5, 0.6) is 0 Å². The number of carboxylic acid groups (broad SMARTS) is 1. The number of carboxylic acids is 1. The Bertz CT molecular complexity index is 959. The van der Waals surface area contributed by atoms with Crippen molar-refractivity contribution in [1.29, 1.82) is 0 Å². The lowest BCUT2D eigenvalue weighted by molar-refractivity contribution is -0.310. The molecule has 0 fully saturated rings. The van der Waals surface area contributed by atoms with Gasteiger partial charge in [-0.15, -0.1) is 0 Å². The third-order valence-corrected chi connectivity index (χ3v) is 4.18. The Morgan fingerprint density at radius 2 is 1.85 bits per heavy atom. The van der Waals surface area contributed by atoms with Gasteiger partial charge in [0, 0.05) is 0 Å². The number of carbonyl (C=O) groups excluding carboxylic acids is 2. The van der Waals surface area contributed by atoms with Crippen LogP contribution >= 0.6 is 0 Å². The Labute approximate surface area is 154 Å². The van der Waals surface area contributed by atoms with Crippen molar-refractivity contribution < 1.29 is 19.8 Å². The van der Waals surface area contributed by atoms with E-state index in [0.29, 0.717) is 5.52 Å². The second kappa shape index (κ2) is 8.17. The van der Waals surface area contributed by atoms with Gasteiger partial charge in [-0.3, -0.25) is 9.59 Å². The molecule has 0 saturated heterocycles. The normalized spacial score (nSPS) is 14.7. The van der Waals surface area contributed by atoms with Gasteiger partial charge in [0.1, 0.15) is 6.04 Å². The van der Waals surface area contributed by atoms with Crippen LogP contribution in [0, 0.1) is 5.92 Å². The molecule has 1 aromatic heterocycles. The van der Waals surface area contributed by atoms with Gasteiger partial charge in [-0.2, -0.15) is 0 Å². The zero-order valence-electron chi connectivity index (χ0n) is 15.3. The van der Waals surface area contributed by atoms with Gasteiger partial charge in [0.25, 0.3) is 5.56 Å². The van der Waals surface area contributed by atoms with Crippen LogP contribution in [-0.2, 0) is 9.59 Å². The summed E-state index contributed by atoms with van der Waals surface area (Å²) in [5, 5.41) is 23.1. The molecule has 0 saturated carbocycles. The van der Waals surface area contributed by atoms with Gasteiger partial charge in [0.15, 0.2) is 0 Å². The fraction of sp³-hybridized carbons (Fsp3) is 0.444. The number of fused-ring (bicyclic) bond motifs is 1. The van der Waals surface area contributed by atoms with Crippen LogP contribution in [0.15, 0.2) is 33.9 Å². The average Bonchev–Trinajstić information content (AvgIpc) is 2.57. The first kappa shape index (κ1) is 20.4. The van der Waals surface area contributed by atoms with Crippen molar-refractivity contribution in [3.05, 3.63) is 45.1 Å². The third kappa shape index (κ3) is 4.43. The van der Waals surface area contributed by atoms with Crippen LogP contribution in [0.2, 0.25) is 0 Å². The highest BCUT2D eigenvalue weighted by Crippen LogP contribution is 2.16. The van der Waals surface area contributed by atoms with Crippen molar-refractivity contribution >= 4 is 22.8 Å². The number of H-pyrrole nitrogens is 1. The van der Waals surface area contributed by atoms with E-state index in [-0.39, 0.29) is 17.7 Å². The summed E-state index contributed by atoms with van der Waals surface area (Å²) in [7, 11) is 0. The molecule has 0 aliphatic carbocycles. The van der Waals surface area contributed by atoms with Crippen molar-refractivity contribution in [3.8, 4) is 0 Å². The number of aromatic amines is 1. The number of aliphatic carboxylic acids is 1. The standard InChI is InChI=1S/C18H23N3O6/c1-9(2)8-13(15(23)20-14(10(3)22)17(25)26)21-16(24)11-6-4-5-7-12(11)19-18(21)27/h4-7,9-10,13-14,22H,8H2,1-3H3,(H,19,27)(H,20,23)(H,25,26)/p-1/t10-,13+,14-/m1/s1. The zero-order chi connectivity index (χ0) is 20.3. The lowest BCUT2D eigenvalue weighted by Gasteiger charge is -2.26. The van der Waals surface area contributed by atoms with E-state index < -0.39 is 41.3 Å². The molecular formula is C18H22N3O6-. The summed E-state index contributed by atoms with van der Waals surface area (Å²) in [5.41, 5.74) is -1.09. The molecule has 1 aromatic carbocycles. The van der Waals surface area contributed by atoms with Gasteiger partial charge >= 0.3 is 5.69 Å². The predicted octanol–water partition coefficient (Wildman–Crippen LogP) is -1.11. The maximum atomic E-state index is 12.8. The van der Waals surface area contributed by atoms with E-state index >= 15 is 0 Å². The smallest absolute Gasteiger partial charge is 0.329 e. The molecule has 0 aliphatic rings. The van der Waals surface area contributed by atoms with E-state index in [2.05, 4.69) is 10.3 Å². The van der Waals surface area contributed by atoms with E-state index in [1.807, 2.05) is 0 Å². The van der Waals surface area contributed by atoms with Gasteiger partial charge in [0.2, 0.25) is 5.91 Å². The molecule has 2 aromatic rings. The summed E-state index contributed by atoms with van der Waals surface area (Å²) in [4.78, 5) is 51.7. The number of aliphatic hydroxyl groups excluding tert-OH is 1. The minimum Gasteiger partial charge on any atom is -0.548 e. The minimum absolute atomic E-state index is 0.0773. The summed E-state index contributed by atoms with van der Waals surface area (Å²) >= 11 is 0. The molecule has 9 nitrogen and oxygen atoms in total. The zero-order valence-corrected chi connectivity index (χ0v) is 15.3. The Morgan fingerprint density at radius 3 is 2.41 bits per heavy atom. The molecule has 0 unspecified atom stereocenters. The number of hydrogen-bond donors (Lipinski definition) is 3. The van der Waals surface area contributed by atoms with Gasteiger partial charge in [-0.25, -0.2) is 9.36 Å². The average molecular weight is 376 g/mol. The van der Waals surface area contributed by atoms with Crippen molar-refractivity contribution in [2.24, 2.45) is 5.92 Å². The molecule has 1 heterocycles. The summed E-state index contributed by atoms with van der Waals surface area (Å²) in [6.07, 6.45) is -1.29. The van der Waals surface area contributed by atoms with Crippen LogP contribution in [0.4, 0.5) is 0 Å². The third-order valence-electron chi connectivity index (χ3n) is 4.18. The predicted molar refractivity (Wildman–Crippen MR) is 95.9 cm³/mol. The molecule has 2 rings (SSSR count). The van der Waals surface area contributed by atoms with Crippen molar-refractivity contribution in [1.82, 2.24) is 14.9 Å². The lowest BCUT2D eigenvalue weighted by Crippen LogP contribution is -2.56. The molecule has 146 valence electrons. The molecule has 3 atom stereocenters. The maximum Gasteiger partial charge on any atom is 0.329 e. The Balaban J connectivity index is 2.56. The SMILES string of the molecule is CC(C)C[C@@H](C(=O)N[C@@H](C(=O)[O-])[C@@H](C)O)n1c(=O)[nH]c2ccccc2c1=O. The second-order valence-electron chi connectivity index (χ2n) is 6.84.